The van der Waals surface area contributed by atoms with Crippen molar-refractivity contribution in [3.05, 3.63) is 29.8 Å². The van der Waals surface area contributed by atoms with Crippen LogP contribution in [0.25, 0.3) is 0 Å². The van der Waals surface area contributed by atoms with E-state index in [1.165, 1.54) is 0 Å². The smallest absolute Gasteiger partial charge is 0.338 e. The van der Waals surface area contributed by atoms with Gasteiger partial charge in [0, 0.05) is 18.2 Å². The number of carbonyl (C=O) groups excluding carboxylic acids is 2. The van der Waals surface area contributed by atoms with Gasteiger partial charge in [-0.15, -0.1) is 0 Å². The predicted molar refractivity (Wildman–Crippen MR) is 85.6 cm³/mol. The normalized spacial score (nSPS) is 21.2. The van der Waals surface area contributed by atoms with E-state index in [9.17, 15) is 9.59 Å². The van der Waals surface area contributed by atoms with Gasteiger partial charge in [0.1, 0.15) is 0 Å². The summed E-state index contributed by atoms with van der Waals surface area (Å²) in [4.78, 5) is 23.6. The molecule has 5 heteroatoms. The van der Waals surface area contributed by atoms with Crippen LogP contribution in [-0.2, 0) is 9.53 Å². The lowest BCUT2D eigenvalue weighted by Gasteiger charge is -2.27. The molecule has 1 amide bonds. The van der Waals surface area contributed by atoms with Crippen LogP contribution in [0.15, 0.2) is 24.3 Å². The van der Waals surface area contributed by atoms with Gasteiger partial charge in [-0.1, -0.05) is 12.8 Å². The van der Waals surface area contributed by atoms with E-state index in [1.54, 1.807) is 31.2 Å². The van der Waals surface area contributed by atoms with Crippen LogP contribution in [0.1, 0.15) is 49.4 Å². The van der Waals surface area contributed by atoms with E-state index < -0.39 is 0 Å². The minimum atomic E-state index is -0.353. The molecule has 0 bridgehead atoms. The summed E-state index contributed by atoms with van der Waals surface area (Å²) in [5, 5.41) is 2.86. The second kappa shape index (κ2) is 7.94. The first-order chi connectivity index (χ1) is 10.6. The lowest BCUT2D eigenvalue weighted by Crippen LogP contribution is -2.35. The van der Waals surface area contributed by atoms with Crippen LogP contribution in [0.2, 0.25) is 0 Å². The summed E-state index contributed by atoms with van der Waals surface area (Å²) in [5.74, 6) is -0.104. The van der Waals surface area contributed by atoms with Crippen LogP contribution in [0, 0.1) is 5.92 Å². The Kier molecular flexibility index (Phi) is 5.95. The predicted octanol–water partition coefficient (Wildman–Crippen LogP) is 2.71. The van der Waals surface area contributed by atoms with Crippen LogP contribution >= 0.6 is 0 Å². The first-order valence-corrected chi connectivity index (χ1v) is 7.92. The van der Waals surface area contributed by atoms with E-state index in [0.29, 0.717) is 24.3 Å². The zero-order valence-corrected chi connectivity index (χ0v) is 13.0. The van der Waals surface area contributed by atoms with Gasteiger partial charge in [0.25, 0.3) is 0 Å². The Morgan fingerprint density at radius 1 is 1.23 bits per heavy atom. The highest BCUT2D eigenvalue weighted by molar-refractivity contribution is 5.93. The summed E-state index contributed by atoms with van der Waals surface area (Å²) in [6, 6.07) is 6.86. The highest BCUT2D eigenvalue weighted by Crippen LogP contribution is 2.26. The fraction of sp³-hybridized carbons (Fsp3) is 0.529. The lowest BCUT2D eigenvalue weighted by atomic mass is 9.83. The zero-order chi connectivity index (χ0) is 15.9. The molecule has 1 aliphatic carbocycles. The van der Waals surface area contributed by atoms with Crippen molar-refractivity contribution >= 4 is 17.6 Å². The van der Waals surface area contributed by atoms with E-state index in [2.05, 4.69) is 5.32 Å². The number of hydrogen-bond donors (Lipinski definition) is 2. The fourth-order valence-corrected chi connectivity index (χ4v) is 2.84. The Bertz CT molecular complexity index is 513. The molecule has 0 spiro atoms. The Morgan fingerprint density at radius 2 is 1.91 bits per heavy atom. The van der Waals surface area contributed by atoms with E-state index in [-0.39, 0.29) is 23.8 Å². The molecule has 2 atom stereocenters. The van der Waals surface area contributed by atoms with Gasteiger partial charge < -0.3 is 15.8 Å². The maximum Gasteiger partial charge on any atom is 0.338 e. The molecule has 2 unspecified atom stereocenters. The second-order valence-corrected chi connectivity index (χ2v) is 5.76. The van der Waals surface area contributed by atoms with Gasteiger partial charge in [-0.3, -0.25) is 4.79 Å². The number of ether oxygens (including phenoxy) is 1. The summed E-state index contributed by atoms with van der Waals surface area (Å²) < 4.78 is 4.92. The molecule has 1 aromatic rings. The first-order valence-electron chi connectivity index (χ1n) is 7.92. The van der Waals surface area contributed by atoms with E-state index >= 15 is 0 Å². The van der Waals surface area contributed by atoms with Crippen molar-refractivity contribution in [1.82, 2.24) is 0 Å². The molecule has 1 aliphatic rings. The van der Waals surface area contributed by atoms with Crippen molar-refractivity contribution in [1.29, 1.82) is 0 Å². The quantitative estimate of drug-likeness (QED) is 0.819. The summed E-state index contributed by atoms with van der Waals surface area (Å²) >= 11 is 0. The van der Waals surface area contributed by atoms with E-state index in [4.69, 9.17) is 10.5 Å². The number of amides is 1. The maximum absolute atomic E-state index is 12.1. The Morgan fingerprint density at radius 3 is 2.55 bits per heavy atom. The number of esters is 1. The van der Waals surface area contributed by atoms with Gasteiger partial charge in [-0.25, -0.2) is 4.79 Å². The van der Waals surface area contributed by atoms with Crippen LogP contribution in [0.4, 0.5) is 5.69 Å². The molecule has 5 nitrogen and oxygen atoms in total. The third-order valence-corrected chi connectivity index (χ3v) is 4.10. The summed E-state index contributed by atoms with van der Waals surface area (Å²) in [6.45, 7) is 2.11. The average Bonchev–Trinajstić information content (AvgIpc) is 2.50. The molecular weight excluding hydrogens is 280 g/mol. The highest BCUT2D eigenvalue weighted by atomic mass is 16.5. The molecule has 0 saturated heterocycles. The Hall–Kier alpha value is -1.88. The average molecular weight is 304 g/mol. The minimum absolute atomic E-state index is 0.0220. The Balaban J connectivity index is 1.87. The number of nitrogens with two attached hydrogens (primary N) is 1. The molecule has 0 radical (unpaired) electrons. The molecule has 120 valence electrons. The molecule has 1 aromatic carbocycles. The SMILES string of the molecule is CCOC(=O)c1ccc(NC(=O)CC2CCCCC2N)cc1. The molecule has 0 aliphatic heterocycles. The van der Waals surface area contributed by atoms with Gasteiger partial charge in [-0.2, -0.15) is 0 Å². The topological polar surface area (TPSA) is 81.4 Å². The molecule has 1 fully saturated rings. The van der Waals surface area contributed by atoms with Crippen LogP contribution in [0.5, 0.6) is 0 Å². The molecule has 2 rings (SSSR count). The third-order valence-electron chi connectivity index (χ3n) is 4.10. The molecule has 3 N–H and O–H groups in total. The summed E-state index contributed by atoms with van der Waals surface area (Å²) in [6.07, 6.45) is 4.80. The molecule has 1 saturated carbocycles. The standard InChI is InChI=1S/C17H24N2O3/c1-2-22-17(21)12-7-9-14(10-8-12)19-16(20)11-13-5-3-4-6-15(13)18/h7-10,13,15H,2-6,11,18H2,1H3,(H,19,20). The lowest BCUT2D eigenvalue weighted by molar-refractivity contribution is -0.117. The van der Waals surface area contributed by atoms with Crippen LogP contribution in [0.3, 0.4) is 0 Å². The molecular formula is C17H24N2O3. The van der Waals surface area contributed by atoms with Crippen molar-refractivity contribution < 1.29 is 14.3 Å². The van der Waals surface area contributed by atoms with Gasteiger partial charge in [0.15, 0.2) is 0 Å². The van der Waals surface area contributed by atoms with Crippen molar-refractivity contribution in [2.45, 2.75) is 45.1 Å². The van der Waals surface area contributed by atoms with Gasteiger partial charge in [0.2, 0.25) is 5.91 Å². The fourth-order valence-electron chi connectivity index (χ4n) is 2.84. The van der Waals surface area contributed by atoms with Gasteiger partial charge in [-0.05, 0) is 49.9 Å². The number of anilines is 1. The van der Waals surface area contributed by atoms with Crippen LogP contribution < -0.4 is 11.1 Å². The number of rotatable bonds is 5. The minimum Gasteiger partial charge on any atom is -0.462 e. The molecule has 0 heterocycles. The largest absolute Gasteiger partial charge is 0.462 e. The highest BCUT2D eigenvalue weighted by Gasteiger charge is 2.24. The first kappa shape index (κ1) is 16.5. The zero-order valence-electron chi connectivity index (χ0n) is 13.0. The van der Waals surface area contributed by atoms with Crippen LogP contribution in [-0.4, -0.2) is 24.5 Å². The Labute approximate surface area is 131 Å². The van der Waals surface area contributed by atoms with Crippen molar-refractivity contribution in [2.24, 2.45) is 11.7 Å². The van der Waals surface area contributed by atoms with E-state index in [1.807, 2.05) is 0 Å². The summed E-state index contributed by atoms with van der Waals surface area (Å²) in [5.41, 5.74) is 7.23. The third kappa shape index (κ3) is 4.56. The van der Waals surface area contributed by atoms with Gasteiger partial charge in [0.05, 0.1) is 12.2 Å². The number of benzene rings is 1. The molecule has 22 heavy (non-hydrogen) atoms. The second-order valence-electron chi connectivity index (χ2n) is 5.76. The number of hydrogen-bond acceptors (Lipinski definition) is 4. The number of nitrogens with one attached hydrogen (secondary N) is 1. The van der Waals surface area contributed by atoms with Crippen molar-refractivity contribution in [3.8, 4) is 0 Å². The molecule has 0 aromatic heterocycles. The van der Waals surface area contributed by atoms with Crippen molar-refractivity contribution in [3.63, 3.8) is 0 Å². The van der Waals surface area contributed by atoms with Gasteiger partial charge >= 0.3 is 5.97 Å². The number of carbonyl (C=O) groups is 2. The summed E-state index contributed by atoms with van der Waals surface area (Å²) in [7, 11) is 0. The monoisotopic (exact) mass is 304 g/mol. The maximum atomic E-state index is 12.1. The van der Waals surface area contributed by atoms with E-state index in [0.717, 1.165) is 25.7 Å². The van der Waals surface area contributed by atoms with Crippen molar-refractivity contribution in [2.75, 3.05) is 11.9 Å².